The first-order valence-electron chi connectivity index (χ1n) is 11.5. The molecule has 0 aliphatic carbocycles. The van der Waals surface area contributed by atoms with Crippen molar-refractivity contribution < 1.29 is 14.3 Å². The molecule has 3 unspecified atom stereocenters. The van der Waals surface area contributed by atoms with E-state index in [0.717, 1.165) is 12.0 Å². The van der Waals surface area contributed by atoms with Crippen LogP contribution in [0.25, 0.3) is 10.8 Å². The van der Waals surface area contributed by atoms with E-state index in [0.29, 0.717) is 13.2 Å². The highest BCUT2D eigenvalue weighted by atomic mass is 28.3. The number of rotatable bonds is 10. The minimum atomic E-state index is -0.963. The Morgan fingerprint density at radius 3 is 2.22 bits per heavy atom. The minimum Gasteiger partial charge on any atom is -0.411 e. The average Bonchev–Trinajstić information content (AvgIpc) is 2.76. The van der Waals surface area contributed by atoms with Crippen LogP contribution in [0.1, 0.15) is 31.9 Å². The van der Waals surface area contributed by atoms with Crippen molar-refractivity contribution in [3.8, 4) is 0 Å². The number of hydrogen-bond acceptors (Lipinski definition) is 3. The van der Waals surface area contributed by atoms with Crippen molar-refractivity contribution in [2.24, 2.45) is 11.3 Å². The second-order valence-electron chi connectivity index (χ2n) is 9.91. The maximum Gasteiger partial charge on any atom is 0.205 e. The van der Waals surface area contributed by atoms with Crippen LogP contribution in [-0.4, -0.2) is 33.0 Å². The molecule has 0 fully saturated rings. The SMILES string of the molecule is C[Si](C)OC(C(O)C(COCc1ccccc1)Cc1cccc2ccccc12)C(C)(C)C. The van der Waals surface area contributed by atoms with Crippen LogP contribution in [0.3, 0.4) is 0 Å². The lowest BCUT2D eigenvalue weighted by Gasteiger charge is -2.39. The van der Waals surface area contributed by atoms with Crippen molar-refractivity contribution in [3.05, 3.63) is 83.9 Å². The van der Waals surface area contributed by atoms with Crippen LogP contribution in [0.2, 0.25) is 13.1 Å². The van der Waals surface area contributed by atoms with Crippen molar-refractivity contribution in [1.29, 1.82) is 0 Å². The lowest BCUT2D eigenvalue weighted by molar-refractivity contribution is -0.0762. The first-order chi connectivity index (χ1) is 15.3. The van der Waals surface area contributed by atoms with Crippen molar-refractivity contribution >= 4 is 19.8 Å². The highest BCUT2D eigenvalue weighted by Gasteiger charge is 2.37. The van der Waals surface area contributed by atoms with Gasteiger partial charge >= 0.3 is 0 Å². The van der Waals surface area contributed by atoms with E-state index in [1.807, 2.05) is 18.2 Å². The highest BCUT2D eigenvalue weighted by molar-refractivity contribution is 6.48. The van der Waals surface area contributed by atoms with Crippen LogP contribution in [0.15, 0.2) is 72.8 Å². The molecule has 0 aromatic heterocycles. The summed E-state index contributed by atoms with van der Waals surface area (Å²) in [5.74, 6) is -0.0740. The molecule has 3 nitrogen and oxygen atoms in total. The molecule has 3 aromatic rings. The Morgan fingerprint density at radius 1 is 0.875 bits per heavy atom. The molecule has 0 saturated heterocycles. The van der Waals surface area contributed by atoms with Crippen LogP contribution in [0, 0.1) is 11.3 Å². The molecule has 0 spiro atoms. The molecule has 3 rings (SSSR count). The quantitative estimate of drug-likeness (QED) is 0.371. The van der Waals surface area contributed by atoms with E-state index in [1.54, 1.807) is 0 Å². The second-order valence-corrected chi connectivity index (χ2v) is 12.0. The van der Waals surface area contributed by atoms with Crippen LogP contribution < -0.4 is 0 Å². The molecule has 0 aliphatic heterocycles. The summed E-state index contributed by atoms with van der Waals surface area (Å²) in [4.78, 5) is 0. The molecule has 0 saturated carbocycles. The van der Waals surface area contributed by atoms with E-state index < -0.39 is 15.1 Å². The van der Waals surface area contributed by atoms with E-state index >= 15 is 0 Å². The Morgan fingerprint density at radius 2 is 1.53 bits per heavy atom. The molecule has 4 heteroatoms. The van der Waals surface area contributed by atoms with Gasteiger partial charge in [-0.25, -0.2) is 0 Å². The number of fused-ring (bicyclic) bond motifs is 1. The third-order valence-electron chi connectivity index (χ3n) is 5.81. The molecule has 3 atom stereocenters. The minimum absolute atomic E-state index is 0.0740. The monoisotopic (exact) mass is 449 g/mol. The van der Waals surface area contributed by atoms with Crippen molar-refractivity contribution in [1.82, 2.24) is 0 Å². The fourth-order valence-corrected chi connectivity index (χ4v) is 5.19. The van der Waals surface area contributed by atoms with E-state index in [1.165, 1.54) is 16.3 Å². The normalized spacial score (nSPS) is 15.1. The summed E-state index contributed by atoms with van der Waals surface area (Å²) < 4.78 is 12.5. The molecule has 0 aliphatic rings. The van der Waals surface area contributed by atoms with Gasteiger partial charge in [-0.3, -0.25) is 0 Å². The molecule has 0 bridgehead atoms. The largest absolute Gasteiger partial charge is 0.411 e. The number of hydrogen-bond donors (Lipinski definition) is 1. The standard InChI is InChI=1S/C28H37O3Si/c1-28(2,3)27(31-32(4)5)26(29)24(20-30-19-21-12-7-6-8-13-21)18-23-16-11-15-22-14-9-10-17-25(22)23/h6-17,24,26-27,29H,18-20H2,1-5H3. The summed E-state index contributed by atoms with van der Waals surface area (Å²) in [6.07, 6.45) is -0.126. The topological polar surface area (TPSA) is 38.7 Å². The average molecular weight is 450 g/mol. The number of aliphatic hydroxyl groups excluding tert-OH is 1. The summed E-state index contributed by atoms with van der Waals surface area (Å²) in [6.45, 7) is 11.7. The lowest BCUT2D eigenvalue weighted by Crippen LogP contribution is -2.47. The number of benzene rings is 3. The maximum absolute atomic E-state index is 11.6. The van der Waals surface area contributed by atoms with Crippen molar-refractivity contribution in [2.45, 2.75) is 59.1 Å². The summed E-state index contributed by atoms with van der Waals surface area (Å²) in [5.41, 5.74) is 2.21. The Kier molecular flexibility index (Phi) is 8.66. The third kappa shape index (κ3) is 6.76. The molecule has 32 heavy (non-hydrogen) atoms. The van der Waals surface area contributed by atoms with Gasteiger partial charge in [0.2, 0.25) is 9.04 Å². The molecule has 1 radical (unpaired) electrons. The van der Waals surface area contributed by atoms with Gasteiger partial charge in [-0.15, -0.1) is 0 Å². The second kappa shape index (κ2) is 11.2. The van der Waals surface area contributed by atoms with Gasteiger partial charge in [-0.2, -0.15) is 0 Å². The van der Waals surface area contributed by atoms with Gasteiger partial charge in [-0.1, -0.05) is 93.6 Å². The summed E-state index contributed by atoms with van der Waals surface area (Å²) in [7, 11) is -0.963. The van der Waals surface area contributed by atoms with E-state index in [2.05, 4.69) is 88.5 Å². The molecule has 171 valence electrons. The zero-order valence-corrected chi connectivity index (χ0v) is 21.0. The Bertz CT molecular complexity index is 960. The fourth-order valence-electron chi connectivity index (χ4n) is 4.19. The Hall–Kier alpha value is -1.98. The smallest absolute Gasteiger partial charge is 0.205 e. The molecule has 3 aromatic carbocycles. The van der Waals surface area contributed by atoms with Gasteiger partial charge in [-0.05, 0) is 46.8 Å². The highest BCUT2D eigenvalue weighted by Crippen LogP contribution is 2.31. The zero-order valence-electron chi connectivity index (χ0n) is 20.0. The van der Waals surface area contributed by atoms with E-state index in [-0.39, 0.29) is 17.4 Å². The van der Waals surface area contributed by atoms with E-state index in [9.17, 15) is 5.11 Å². The Labute approximate surface area is 195 Å². The van der Waals surface area contributed by atoms with Crippen molar-refractivity contribution in [3.63, 3.8) is 0 Å². The maximum atomic E-state index is 11.6. The van der Waals surface area contributed by atoms with Crippen LogP contribution in [0.4, 0.5) is 0 Å². The number of ether oxygens (including phenoxy) is 1. The molecular weight excluding hydrogens is 412 g/mol. The summed E-state index contributed by atoms with van der Waals surface area (Å²) in [5, 5.41) is 14.1. The predicted octanol–water partition coefficient (Wildman–Crippen LogP) is 6.26. The van der Waals surface area contributed by atoms with Crippen LogP contribution >= 0.6 is 0 Å². The number of aliphatic hydroxyl groups is 1. The van der Waals surface area contributed by atoms with E-state index in [4.69, 9.17) is 9.16 Å². The van der Waals surface area contributed by atoms with Gasteiger partial charge in [0, 0.05) is 5.92 Å². The van der Waals surface area contributed by atoms with Crippen LogP contribution in [-0.2, 0) is 22.2 Å². The Balaban J connectivity index is 1.85. The third-order valence-corrected chi connectivity index (χ3v) is 6.54. The van der Waals surface area contributed by atoms with Gasteiger partial charge in [0.15, 0.2) is 0 Å². The lowest BCUT2D eigenvalue weighted by atomic mass is 9.79. The van der Waals surface area contributed by atoms with Gasteiger partial charge in [0.05, 0.1) is 25.4 Å². The zero-order chi connectivity index (χ0) is 23.1. The van der Waals surface area contributed by atoms with Gasteiger partial charge in [0.25, 0.3) is 0 Å². The first kappa shape index (κ1) is 24.7. The van der Waals surface area contributed by atoms with Gasteiger partial charge < -0.3 is 14.3 Å². The first-order valence-corrected chi connectivity index (χ1v) is 13.9. The molecule has 0 amide bonds. The predicted molar refractivity (Wildman–Crippen MR) is 135 cm³/mol. The summed E-state index contributed by atoms with van der Waals surface area (Å²) in [6, 6.07) is 25.0. The van der Waals surface area contributed by atoms with Crippen LogP contribution in [0.5, 0.6) is 0 Å². The summed E-state index contributed by atoms with van der Waals surface area (Å²) >= 11 is 0. The van der Waals surface area contributed by atoms with Gasteiger partial charge in [0.1, 0.15) is 0 Å². The fraction of sp³-hybridized carbons (Fsp3) is 0.429. The molecular formula is C28H37O3Si. The van der Waals surface area contributed by atoms with Crippen molar-refractivity contribution in [2.75, 3.05) is 6.61 Å². The molecule has 0 heterocycles. The molecule has 1 N–H and O–H groups in total.